The molecule has 1 aromatic carbocycles. The highest BCUT2D eigenvalue weighted by atomic mass is 19.1. The van der Waals surface area contributed by atoms with E-state index in [9.17, 15) is 23.2 Å². The summed E-state index contributed by atoms with van der Waals surface area (Å²) in [6, 6.07) is 1.81. The third-order valence-corrected chi connectivity index (χ3v) is 4.28. The number of esters is 1. The van der Waals surface area contributed by atoms with Crippen LogP contribution >= 0.6 is 0 Å². The van der Waals surface area contributed by atoms with E-state index in [-0.39, 0.29) is 30.0 Å². The minimum Gasteiger partial charge on any atom is -0.466 e. The Kier molecular flexibility index (Phi) is 6.22. The Hall–Kier alpha value is -2.31. The monoisotopic (exact) mass is 353 g/mol. The lowest BCUT2D eigenvalue weighted by Gasteiger charge is -2.14. The van der Waals surface area contributed by atoms with E-state index in [0.29, 0.717) is 19.3 Å². The number of hydrogen-bond donors (Lipinski definition) is 1. The Labute approximate surface area is 144 Å². The van der Waals surface area contributed by atoms with E-state index < -0.39 is 35.4 Å². The van der Waals surface area contributed by atoms with Crippen molar-refractivity contribution in [1.82, 2.24) is 5.32 Å². The van der Waals surface area contributed by atoms with Crippen molar-refractivity contribution in [2.75, 3.05) is 6.61 Å². The third-order valence-electron chi connectivity index (χ3n) is 4.28. The van der Waals surface area contributed by atoms with Crippen molar-refractivity contribution in [2.45, 2.75) is 51.5 Å². The zero-order chi connectivity index (χ0) is 18.6. The van der Waals surface area contributed by atoms with Gasteiger partial charge in [0.25, 0.3) is 0 Å². The number of rotatable bonds is 6. The fourth-order valence-corrected chi connectivity index (χ4v) is 3.21. The molecule has 0 aliphatic heterocycles. The van der Waals surface area contributed by atoms with Gasteiger partial charge < -0.3 is 10.1 Å². The Morgan fingerprint density at radius 1 is 1.20 bits per heavy atom. The minimum absolute atomic E-state index is 0.0601. The molecule has 136 valence electrons. The van der Waals surface area contributed by atoms with Gasteiger partial charge in [-0.2, -0.15) is 0 Å². The highest BCUT2D eigenvalue weighted by Crippen LogP contribution is 2.36. The molecule has 25 heavy (non-hydrogen) atoms. The highest BCUT2D eigenvalue weighted by Gasteiger charge is 2.30. The zero-order valence-corrected chi connectivity index (χ0v) is 14.2. The molecule has 0 aromatic heterocycles. The number of ketones is 1. The summed E-state index contributed by atoms with van der Waals surface area (Å²) in [5.41, 5.74) is -0.260. The molecule has 1 aromatic rings. The summed E-state index contributed by atoms with van der Waals surface area (Å²) in [5.74, 6) is -3.50. The molecule has 1 N–H and O–H groups in total. The zero-order valence-electron chi connectivity index (χ0n) is 14.2. The number of nitrogens with one attached hydrogen (secondary N) is 1. The second kappa shape index (κ2) is 8.18. The van der Waals surface area contributed by atoms with Gasteiger partial charge in [-0.3, -0.25) is 14.4 Å². The Balaban J connectivity index is 2.13. The van der Waals surface area contributed by atoms with E-state index >= 15 is 0 Å². The Morgan fingerprint density at radius 3 is 2.56 bits per heavy atom. The van der Waals surface area contributed by atoms with Gasteiger partial charge in [-0.1, -0.05) is 0 Å². The average molecular weight is 353 g/mol. The maximum absolute atomic E-state index is 14.4. The number of ether oxygens (including phenoxy) is 1. The second-order valence-corrected chi connectivity index (χ2v) is 6.17. The molecule has 2 atom stereocenters. The van der Waals surface area contributed by atoms with Crippen LogP contribution in [0.25, 0.3) is 0 Å². The van der Waals surface area contributed by atoms with Crippen molar-refractivity contribution < 1.29 is 27.9 Å². The fourth-order valence-electron chi connectivity index (χ4n) is 3.21. The summed E-state index contributed by atoms with van der Waals surface area (Å²) in [5, 5.41) is 2.78. The predicted molar refractivity (Wildman–Crippen MR) is 86.1 cm³/mol. The molecule has 0 spiro atoms. The number of carbonyl (C=O) groups is 3. The molecular formula is C18H21F2NO4. The number of Topliss-reactive ketones (excluding diaryl/α,β-unsaturated/α-hetero) is 1. The number of halogens is 2. The molecule has 0 bridgehead atoms. The first kappa shape index (κ1) is 19.0. The van der Waals surface area contributed by atoms with Crippen molar-refractivity contribution in [1.29, 1.82) is 0 Å². The summed E-state index contributed by atoms with van der Waals surface area (Å²) >= 11 is 0. The number of carbonyl (C=O) groups excluding carboxylic acids is 3. The molecule has 0 radical (unpaired) electrons. The van der Waals surface area contributed by atoms with Gasteiger partial charge in [0.15, 0.2) is 5.78 Å². The molecular weight excluding hydrogens is 332 g/mol. The molecule has 0 heterocycles. The summed E-state index contributed by atoms with van der Waals surface area (Å²) in [7, 11) is 0. The van der Waals surface area contributed by atoms with E-state index in [0.717, 1.165) is 12.1 Å². The van der Waals surface area contributed by atoms with Gasteiger partial charge in [-0.25, -0.2) is 8.78 Å². The first-order chi connectivity index (χ1) is 11.8. The van der Waals surface area contributed by atoms with E-state index in [2.05, 4.69) is 10.1 Å². The minimum atomic E-state index is -0.853. The van der Waals surface area contributed by atoms with E-state index in [1.807, 2.05) is 0 Å². The number of benzene rings is 1. The van der Waals surface area contributed by atoms with Crippen LogP contribution in [0.3, 0.4) is 0 Å². The van der Waals surface area contributed by atoms with Crippen LogP contribution in [0.5, 0.6) is 0 Å². The van der Waals surface area contributed by atoms with Gasteiger partial charge in [0.1, 0.15) is 18.1 Å². The van der Waals surface area contributed by atoms with Crippen LogP contribution in [0.2, 0.25) is 0 Å². The molecule has 1 amide bonds. The normalized spacial score (nSPS) is 19.5. The topological polar surface area (TPSA) is 72.5 Å². The van der Waals surface area contributed by atoms with Gasteiger partial charge in [-0.15, -0.1) is 0 Å². The maximum atomic E-state index is 14.4. The van der Waals surface area contributed by atoms with Crippen LogP contribution in [-0.2, 0) is 14.3 Å². The van der Waals surface area contributed by atoms with Crippen LogP contribution in [0.4, 0.5) is 8.78 Å². The van der Waals surface area contributed by atoms with Gasteiger partial charge >= 0.3 is 5.97 Å². The summed E-state index contributed by atoms with van der Waals surface area (Å²) in [6.07, 6.45) is 1.20. The molecule has 1 fully saturated rings. The molecule has 5 nitrogen and oxygen atoms in total. The molecule has 1 aliphatic carbocycles. The van der Waals surface area contributed by atoms with E-state index in [1.165, 1.54) is 6.92 Å². The Bertz CT molecular complexity index is 690. The van der Waals surface area contributed by atoms with Crippen molar-refractivity contribution in [2.24, 2.45) is 0 Å². The Morgan fingerprint density at radius 2 is 1.92 bits per heavy atom. The molecule has 1 aliphatic rings. The van der Waals surface area contributed by atoms with Crippen molar-refractivity contribution in [3.8, 4) is 0 Å². The lowest BCUT2D eigenvalue weighted by atomic mass is 9.94. The van der Waals surface area contributed by atoms with Crippen LogP contribution < -0.4 is 5.32 Å². The summed E-state index contributed by atoms with van der Waals surface area (Å²) < 4.78 is 33.3. The standard InChI is InChI=1S/C18H21F2NO4/c1-3-25-18(24)9-17(23)14-8-15(19)13(7-16(14)20)11-4-5-12(6-11)21-10(2)22/h7-8,11-12H,3-6,9H2,1-2H3,(H,21,22). The third kappa shape index (κ3) is 4.84. The SMILES string of the molecule is CCOC(=O)CC(=O)c1cc(F)c(C2CCC(NC(C)=O)C2)cc1F. The fraction of sp³-hybridized carbons (Fsp3) is 0.500. The lowest BCUT2D eigenvalue weighted by Crippen LogP contribution is -2.30. The average Bonchev–Trinajstić information content (AvgIpc) is 2.96. The first-order valence-corrected chi connectivity index (χ1v) is 8.26. The van der Waals surface area contributed by atoms with Gasteiger partial charge in [0, 0.05) is 13.0 Å². The predicted octanol–water partition coefficient (Wildman–Crippen LogP) is 2.87. The van der Waals surface area contributed by atoms with E-state index in [4.69, 9.17) is 0 Å². The smallest absolute Gasteiger partial charge is 0.313 e. The summed E-state index contributed by atoms with van der Waals surface area (Å²) in [6.45, 7) is 3.11. The lowest BCUT2D eigenvalue weighted by molar-refractivity contribution is -0.142. The van der Waals surface area contributed by atoms with Crippen LogP contribution in [0.15, 0.2) is 12.1 Å². The summed E-state index contributed by atoms with van der Waals surface area (Å²) in [4.78, 5) is 34.4. The van der Waals surface area contributed by atoms with Gasteiger partial charge in [-0.05, 0) is 49.8 Å². The second-order valence-electron chi connectivity index (χ2n) is 6.17. The molecule has 0 saturated heterocycles. The van der Waals surface area contributed by atoms with Crippen LogP contribution in [0, 0.1) is 11.6 Å². The molecule has 2 rings (SSSR count). The first-order valence-electron chi connectivity index (χ1n) is 8.26. The van der Waals surface area contributed by atoms with Crippen LogP contribution in [0.1, 0.15) is 61.4 Å². The highest BCUT2D eigenvalue weighted by molar-refractivity contribution is 6.06. The van der Waals surface area contributed by atoms with Gasteiger partial charge in [0.2, 0.25) is 5.91 Å². The number of amides is 1. The van der Waals surface area contributed by atoms with Crippen LogP contribution in [-0.4, -0.2) is 30.3 Å². The van der Waals surface area contributed by atoms with E-state index in [1.54, 1.807) is 6.92 Å². The molecule has 2 unspecified atom stereocenters. The molecule has 7 heteroatoms. The maximum Gasteiger partial charge on any atom is 0.313 e. The number of hydrogen-bond acceptors (Lipinski definition) is 4. The quantitative estimate of drug-likeness (QED) is 0.485. The van der Waals surface area contributed by atoms with Crippen molar-refractivity contribution in [3.63, 3.8) is 0 Å². The van der Waals surface area contributed by atoms with Crippen molar-refractivity contribution in [3.05, 3.63) is 34.9 Å². The largest absolute Gasteiger partial charge is 0.466 e. The van der Waals surface area contributed by atoms with Gasteiger partial charge in [0.05, 0.1) is 12.2 Å². The van der Waals surface area contributed by atoms with Crippen molar-refractivity contribution >= 4 is 17.7 Å². The molecule has 1 saturated carbocycles.